The van der Waals surface area contributed by atoms with E-state index in [1.54, 1.807) is 36.4 Å². The van der Waals surface area contributed by atoms with Crippen LogP contribution in [0.1, 0.15) is 29.8 Å². The number of hydrogen-bond donors (Lipinski definition) is 2. The molecular formula is C21H23FN2O5. The first-order valence-electron chi connectivity index (χ1n) is 9.11. The van der Waals surface area contributed by atoms with Crippen molar-refractivity contribution in [2.45, 2.75) is 26.5 Å². The molecule has 29 heavy (non-hydrogen) atoms. The molecule has 0 aliphatic heterocycles. The highest BCUT2D eigenvalue weighted by atomic mass is 19.1. The zero-order valence-electron chi connectivity index (χ0n) is 16.2. The quantitative estimate of drug-likeness (QED) is 0.627. The van der Waals surface area contributed by atoms with Crippen molar-refractivity contribution in [3.05, 3.63) is 65.5 Å². The summed E-state index contributed by atoms with van der Waals surface area (Å²) in [6, 6.07) is 12.1. The largest absolute Gasteiger partial charge is 0.494 e. The molecule has 0 aliphatic rings. The van der Waals surface area contributed by atoms with Crippen LogP contribution in [-0.2, 0) is 20.9 Å². The average molecular weight is 402 g/mol. The van der Waals surface area contributed by atoms with Gasteiger partial charge in [-0.25, -0.2) is 4.39 Å². The SMILES string of the molecule is CCOc1ccc(C(=O)NCC(=O)O[C@@H](C)C(=O)NCc2ccc(F)cc2)cc1. The van der Waals surface area contributed by atoms with Crippen LogP contribution in [0.3, 0.4) is 0 Å². The first kappa shape index (κ1) is 21.9. The van der Waals surface area contributed by atoms with Crippen molar-refractivity contribution in [1.29, 1.82) is 0 Å². The molecule has 0 bridgehead atoms. The molecular weight excluding hydrogens is 379 g/mol. The number of carbonyl (C=O) groups is 3. The molecule has 1 atom stereocenters. The van der Waals surface area contributed by atoms with E-state index >= 15 is 0 Å². The molecule has 0 heterocycles. The maximum Gasteiger partial charge on any atom is 0.326 e. The summed E-state index contributed by atoms with van der Waals surface area (Å²) in [5.41, 5.74) is 1.08. The summed E-state index contributed by atoms with van der Waals surface area (Å²) in [5.74, 6) is -1.41. The van der Waals surface area contributed by atoms with E-state index < -0.39 is 23.9 Å². The fraction of sp³-hybridized carbons (Fsp3) is 0.286. The molecule has 2 N–H and O–H groups in total. The van der Waals surface area contributed by atoms with E-state index in [2.05, 4.69) is 10.6 Å². The molecule has 0 radical (unpaired) electrons. The highest BCUT2D eigenvalue weighted by molar-refractivity contribution is 5.96. The molecule has 2 aromatic carbocycles. The van der Waals surface area contributed by atoms with Gasteiger partial charge in [-0.1, -0.05) is 12.1 Å². The van der Waals surface area contributed by atoms with Crippen molar-refractivity contribution in [2.24, 2.45) is 0 Å². The van der Waals surface area contributed by atoms with E-state index in [0.717, 1.165) is 0 Å². The Morgan fingerprint density at radius 1 is 1.00 bits per heavy atom. The Kier molecular flexibility index (Phi) is 8.14. The summed E-state index contributed by atoms with van der Waals surface area (Å²) in [6.45, 7) is 3.60. The van der Waals surface area contributed by atoms with Gasteiger partial charge in [0.25, 0.3) is 11.8 Å². The van der Waals surface area contributed by atoms with Gasteiger partial charge >= 0.3 is 5.97 Å². The molecule has 154 valence electrons. The average Bonchev–Trinajstić information content (AvgIpc) is 2.72. The number of esters is 1. The Balaban J connectivity index is 1.73. The number of hydrogen-bond acceptors (Lipinski definition) is 5. The molecule has 0 spiro atoms. The van der Waals surface area contributed by atoms with E-state index in [1.807, 2.05) is 6.92 Å². The van der Waals surface area contributed by atoms with Gasteiger partial charge in [0.2, 0.25) is 0 Å². The molecule has 0 aromatic heterocycles. The normalized spacial score (nSPS) is 11.3. The standard InChI is InChI=1S/C21H23FN2O5/c1-3-28-18-10-6-16(7-11-18)21(27)24-13-19(25)29-14(2)20(26)23-12-15-4-8-17(22)9-5-15/h4-11,14H,3,12-13H2,1-2H3,(H,23,26)(H,24,27)/t14-/m0/s1. The van der Waals surface area contributed by atoms with Crippen molar-refractivity contribution < 1.29 is 28.2 Å². The smallest absolute Gasteiger partial charge is 0.326 e. The third-order valence-corrected chi connectivity index (χ3v) is 3.88. The van der Waals surface area contributed by atoms with E-state index in [1.165, 1.54) is 19.1 Å². The minimum Gasteiger partial charge on any atom is -0.494 e. The van der Waals surface area contributed by atoms with Gasteiger partial charge in [0.15, 0.2) is 6.10 Å². The monoisotopic (exact) mass is 402 g/mol. The summed E-state index contributed by atoms with van der Waals surface area (Å²) in [6.07, 6.45) is -1.04. The Morgan fingerprint density at radius 3 is 2.28 bits per heavy atom. The summed E-state index contributed by atoms with van der Waals surface area (Å²) in [7, 11) is 0. The molecule has 2 amide bonds. The molecule has 7 nitrogen and oxygen atoms in total. The zero-order chi connectivity index (χ0) is 21.2. The van der Waals surface area contributed by atoms with Crippen molar-refractivity contribution in [3.8, 4) is 5.75 Å². The van der Waals surface area contributed by atoms with E-state index in [9.17, 15) is 18.8 Å². The van der Waals surface area contributed by atoms with Crippen LogP contribution in [0.25, 0.3) is 0 Å². The van der Waals surface area contributed by atoms with Crippen molar-refractivity contribution >= 4 is 17.8 Å². The summed E-state index contributed by atoms with van der Waals surface area (Å²) >= 11 is 0. The highest BCUT2D eigenvalue weighted by Gasteiger charge is 2.18. The van der Waals surface area contributed by atoms with Crippen molar-refractivity contribution in [1.82, 2.24) is 10.6 Å². The third kappa shape index (κ3) is 7.25. The minimum atomic E-state index is -1.04. The lowest BCUT2D eigenvalue weighted by Crippen LogP contribution is -2.38. The van der Waals surface area contributed by atoms with Gasteiger partial charge in [-0.2, -0.15) is 0 Å². The lowest BCUT2D eigenvalue weighted by Gasteiger charge is -2.14. The van der Waals surface area contributed by atoms with E-state index in [-0.39, 0.29) is 18.9 Å². The van der Waals surface area contributed by atoms with Gasteiger partial charge in [-0.15, -0.1) is 0 Å². The lowest BCUT2D eigenvalue weighted by atomic mass is 10.2. The maximum absolute atomic E-state index is 12.9. The van der Waals surface area contributed by atoms with Crippen molar-refractivity contribution in [3.63, 3.8) is 0 Å². The fourth-order valence-corrected chi connectivity index (χ4v) is 2.35. The van der Waals surface area contributed by atoms with Gasteiger partial charge in [-0.3, -0.25) is 14.4 Å². The zero-order valence-corrected chi connectivity index (χ0v) is 16.2. The van der Waals surface area contributed by atoms with Gasteiger partial charge in [0.05, 0.1) is 6.61 Å². The van der Waals surface area contributed by atoms with Gasteiger partial charge in [-0.05, 0) is 55.8 Å². The van der Waals surface area contributed by atoms with Crippen LogP contribution in [0.15, 0.2) is 48.5 Å². The van der Waals surface area contributed by atoms with Gasteiger partial charge < -0.3 is 20.1 Å². The number of rotatable bonds is 9. The van der Waals surface area contributed by atoms with Crippen LogP contribution in [-0.4, -0.2) is 37.0 Å². The maximum atomic E-state index is 12.9. The number of nitrogens with one attached hydrogen (secondary N) is 2. The summed E-state index contributed by atoms with van der Waals surface area (Å²) in [4.78, 5) is 35.9. The Bertz CT molecular complexity index is 837. The number of halogens is 1. The first-order valence-corrected chi connectivity index (χ1v) is 9.11. The Morgan fingerprint density at radius 2 is 1.66 bits per heavy atom. The first-order chi connectivity index (χ1) is 13.9. The molecule has 8 heteroatoms. The van der Waals surface area contributed by atoms with Crippen LogP contribution in [0.5, 0.6) is 5.75 Å². The lowest BCUT2D eigenvalue weighted by molar-refractivity contribution is -0.153. The molecule has 0 saturated carbocycles. The second kappa shape index (κ2) is 10.8. The molecule has 0 aliphatic carbocycles. The van der Waals surface area contributed by atoms with Crippen LogP contribution in [0.2, 0.25) is 0 Å². The van der Waals surface area contributed by atoms with Crippen LogP contribution in [0.4, 0.5) is 4.39 Å². The van der Waals surface area contributed by atoms with Crippen LogP contribution < -0.4 is 15.4 Å². The summed E-state index contributed by atoms with van der Waals surface area (Å²) in [5, 5.41) is 5.03. The van der Waals surface area contributed by atoms with Crippen LogP contribution in [0, 0.1) is 5.82 Å². The number of amides is 2. The van der Waals surface area contributed by atoms with E-state index in [4.69, 9.17) is 9.47 Å². The number of benzene rings is 2. The fourth-order valence-electron chi connectivity index (χ4n) is 2.35. The second-order valence-electron chi connectivity index (χ2n) is 6.12. The van der Waals surface area contributed by atoms with Crippen LogP contribution >= 0.6 is 0 Å². The second-order valence-corrected chi connectivity index (χ2v) is 6.12. The van der Waals surface area contributed by atoms with E-state index in [0.29, 0.717) is 23.5 Å². The molecule has 0 fully saturated rings. The molecule has 2 rings (SSSR count). The molecule has 0 saturated heterocycles. The minimum absolute atomic E-state index is 0.176. The Labute approximate surface area is 168 Å². The summed E-state index contributed by atoms with van der Waals surface area (Å²) < 4.78 is 23.2. The predicted molar refractivity (Wildman–Crippen MR) is 104 cm³/mol. The number of carbonyl (C=O) groups excluding carboxylic acids is 3. The highest BCUT2D eigenvalue weighted by Crippen LogP contribution is 2.11. The molecule has 0 unspecified atom stereocenters. The Hall–Kier alpha value is -3.42. The predicted octanol–water partition coefficient (Wildman–Crippen LogP) is 2.20. The topological polar surface area (TPSA) is 93.7 Å². The third-order valence-electron chi connectivity index (χ3n) is 3.88. The van der Waals surface area contributed by atoms with Gasteiger partial charge in [0.1, 0.15) is 18.1 Å². The van der Waals surface area contributed by atoms with Gasteiger partial charge in [0, 0.05) is 12.1 Å². The van der Waals surface area contributed by atoms with Crippen molar-refractivity contribution in [2.75, 3.05) is 13.2 Å². The number of ether oxygens (including phenoxy) is 2. The molecule has 2 aromatic rings.